The van der Waals surface area contributed by atoms with Crippen molar-refractivity contribution in [2.45, 2.75) is 4.90 Å². The number of rotatable bonds is 6. The van der Waals surface area contributed by atoms with Gasteiger partial charge in [-0.25, -0.2) is 13.1 Å². The quantitative estimate of drug-likeness (QED) is 0.511. The normalized spacial score (nSPS) is 10.8. The maximum Gasteiger partial charge on any atom is 0.268 e. The molecule has 2 N–H and O–H groups in total. The van der Waals surface area contributed by atoms with E-state index in [2.05, 4.69) is 16.6 Å². The zero-order chi connectivity index (χ0) is 23.3. The third-order valence-corrected chi connectivity index (χ3v) is 6.95. The molecule has 0 fully saturated rings. The molecule has 1 heterocycles. The van der Waals surface area contributed by atoms with E-state index in [0.717, 1.165) is 0 Å². The average molecular weight is 492 g/mol. The van der Waals surface area contributed by atoms with Crippen molar-refractivity contribution >= 4 is 38.9 Å². The molecule has 3 rings (SSSR count). The van der Waals surface area contributed by atoms with Gasteiger partial charge < -0.3 is 14.6 Å². The second kappa shape index (κ2) is 10.1. The first kappa shape index (κ1) is 23.6. The summed E-state index contributed by atoms with van der Waals surface area (Å²) >= 11 is 7.70. The summed E-state index contributed by atoms with van der Waals surface area (Å²) in [5.41, 5.74) is 0.508. The number of aliphatic hydroxyl groups excluding tert-OH is 1. The van der Waals surface area contributed by atoms with Crippen LogP contribution in [-0.2, 0) is 10.0 Å². The first-order chi connectivity index (χ1) is 15.3. The Kier molecular flexibility index (Phi) is 7.43. The largest absolute Gasteiger partial charge is 0.497 e. The number of halogens is 1. The summed E-state index contributed by atoms with van der Waals surface area (Å²) in [6.07, 6.45) is 0. The summed E-state index contributed by atoms with van der Waals surface area (Å²) in [6, 6.07) is 12.2. The summed E-state index contributed by atoms with van der Waals surface area (Å²) in [7, 11) is -1.40. The van der Waals surface area contributed by atoms with Gasteiger partial charge in [0.05, 0.1) is 34.6 Å². The predicted molar refractivity (Wildman–Crippen MR) is 123 cm³/mol. The Morgan fingerprint density at radius 2 is 1.94 bits per heavy atom. The fraction of sp³-hybridized carbons (Fsp3) is 0.136. The van der Waals surface area contributed by atoms with E-state index in [0.29, 0.717) is 26.1 Å². The van der Waals surface area contributed by atoms with Crippen LogP contribution in [0.25, 0.3) is 10.4 Å². The topological polar surface area (TPSA) is 102 Å². The van der Waals surface area contributed by atoms with E-state index in [1.807, 2.05) is 0 Å². The van der Waals surface area contributed by atoms with Crippen molar-refractivity contribution in [3.63, 3.8) is 0 Å². The first-order valence-corrected chi connectivity index (χ1v) is 11.8. The van der Waals surface area contributed by atoms with Gasteiger partial charge >= 0.3 is 0 Å². The molecule has 0 aliphatic rings. The molecule has 0 aliphatic heterocycles. The number of methoxy groups -OCH3 is 2. The summed E-state index contributed by atoms with van der Waals surface area (Å²) in [5, 5.41) is 9.17. The van der Waals surface area contributed by atoms with Gasteiger partial charge in [-0.15, -0.1) is 11.3 Å². The van der Waals surface area contributed by atoms with Crippen LogP contribution >= 0.6 is 22.9 Å². The van der Waals surface area contributed by atoms with Crippen molar-refractivity contribution < 1.29 is 27.8 Å². The standard InChI is InChI=1S/C22H18ClNO6S2/c1-29-14-5-3-7-16(11-14)32(27,28)24-22(26)18-12-17(19(23)13-20(18)30-2)21-9-8-15(31-21)6-4-10-25/h3,5,7-9,11-13,25H,10H2,1-2H3,(H,24,26). The van der Waals surface area contributed by atoms with Crippen molar-refractivity contribution in [3.8, 4) is 33.8 Å². The highest BCUT2D eigenvalue weighted by Crippen LogP contribution is 2.37. The lowest BCUT2D eigenvalue weighted by Gasteiger charge is -2.13. The Hall–Kier alpha value is -3.03. The molecule has 32 heavy (non-hydrogen) atoms. The molecule has 2 aromatic carbocycles. The lowest BCUT2D eigenvalue weighted by Crippen LogP contribution is -2.31. The molecular weight excluding hydrogens is 474 g/mol. The molecular formula is C22H18ClNO6S2. The zero-order valence-electron chi connectivity index (χ0n) is 17.0. The molecule has 1 aromatic heterocycles. The number of thiophene rings is 1. The molecule has 0 saturated heterocycles. The highest BCUT2D eigenvalue weighted by Gasteiger charge is 2.23. The van der Waals surface area contributed by atoms with Crippen LogP contribution in [0.2, 0.25) is 5.02 Å². The maximum absolute atomic E-state index is 12.9. The van der Waals surface area contributed by atoms with Crippen molar-refractivity contribution in [1.82, 2.24) is 4.72 Å². The number of amides is 1. The van der Waals surface area contributed by atoms with Crippen molar-refractivity contribution in [2.24, 2.45) is 0 Å². The van der Waals surface area contributed by atoms with Gasteiger partial charge in [-0.2, -0.15) is 0 Å². The minimum atomic E-state index is -4.17. The van der Waals surface area contributed by atoms with Crippen LogP contribution in [0.15, 0.2) is 53.4 Å². The van der Waals surface area contributed by atoms with Crippen molar-refractivity contribution in [2.75, 3.05) is 20.8 Å². The molecule has 166 valence electrons. The number of benzene rings is 2. The van der Waals surface area contributed by atoms with E-state index in [9.17, 15) is 13.2 Å². The number of nitrogens with one attached hydrogen (secondary N) is 1. The lowest BCUT2D eigenvalue weighted by atomic mass is 10.1. The Balaban J connectivity index is 1.98. The van der Waals surface area contributed by atoms with E-state index in [1.54, 1.807) is 18.2 Å². The van der Waals surface area contributed by atoms with Gasteiger partial charge in [-0.3, -0.25) is 4.79 Å². The fourth-order valence-electron chi connectivity index (χ4n) is 2.77. The van der Waals surface area contributed by atoms with Gasteiger partial charge in [0.1, 0.15) is 18.1 Å². The van der Waals surface area contributed by atoms with Gasteiger partial charge in [0.2, 0.25) is 0 Å². The van der Waals surface area contributed by atoms with Crippen LogP contribution in [0.1, 0.15) is 15.2 Å². The minimum absolute atomic E-state index is 0.00485. The fourth-order valence-corrected chi connectivity index (χ4v) is 4.99. The number of sulfonamides is 1. The third kappa shape index (κ3) is 5.23. The van der Waals surface area contributed by atoms with Crippen LogP contribution in [0.5, 0.6) is 11.5 Å². The number of hydrogen-bond donors (Lipinski definition) is 2. The minimum Gasteiger partial charge on any atom is -0.497 e. The van der Waals surface area contributed by atoms with Crippen molar-refractivity contribution in [3.05, 3.63) is 64.0 Å². The van der Waals surface area contributed by atoms with Gasteiger partial charge in [-0.1, -0.05) is 29.5 Å². The van der Waals surface area contributed by atoms with Gasteiger partial charge in [0.15, 0.2) is 0 Å². The van der Waals surface area contributed by atoms with Gasteiger partial charge in [0, 0.05) is 22.6 Å². The lowest BCUT2D eigenvalue weighted by molar-refractivity contribution is 0.0978. The average Bonchev–Trinajstić information content (AvgIpc) is 3.25. The monoisotopic (exact) mass is 491 g/mol. The Bertz CT molecular complexity index is 1320. The number of aliphatic hydroxyl groups is 1. The van der Waals surface area contributed by atoms with Crippen LogP contribution in [-0.4, -0.2) is 40.3 Å². The van der Waals surface area contributed by atoms with Crippen LogP contribution < -0.4 is 14.2 Å². The summed E-state index contributed by atoms with van der Waals surface area (Å²) in [4.78, 5) is 14.2. The second-order valence-electron chi connectivity index (χ2n) is 6.27. The molecule has 0 spiro atoms. The molecule has 0 radical (unpaired) electrons. The zero-order valence-corrected chi connectivity index (χ0v) is 19.4. The van der Waals surface area contributed by atoms with E-state index < -0.39 is 15.9 Å². The van der Waals surface area contributed by atoms with Gasteiger partial charge in [-0.05, 0) is 30.3 Å². The molecule has 1 amide bonds. The first-order valence-electron chi connectivity index (χ1n) is 9.07. The van der Waals surface area contributed by atoms with E-state index in [-0.39, 0.29) is 22.8 Å². The highest BCUT2D eigenvalue weighted by atomic mass is 35.5. The van der Waals surface area contributed by atoms with E-state index >= 15 is 0 Å². The van der Waals surface area contributed by atoms with Gasteiger partial charge in [0.25, 0.3) is 15.9 Å². The van der Waals surface area contributed by atoms with Crippen LogP contribution in [0, 0.1) is 11.8 Å². The number of ether oxygens (including phenoxy) is 2. The maximum atomic E-state index is 12.9. The summed E-state index contributed by atoms with van der Waals surface area (Å²) in [6.45, 7) is -0.261. The Morgan fingerprint density at radius 1 is 1.16 bits per heavy atom. The Morgan fingerprint density at radius 3 is 2.62 bits per heavy atom. The van der Waals surface area contributed by atoms with E-state index in [4.69, 9.17) is 26.2 Å². The molecule has 0 unspecified atom stereocenters. The highest BCUT2D eigenvalue weighted by molar-refractivity contribution is 7.90. The second-order valence-corrected chi connectivity index (χ2v) is 9.44. The van der Waals surface area contributed by atoms with Crippen LogP contribution in [0.3, 0.4) is 0 Å². The number of carbonyl (C=O) groups excluding carboxylic acids is 1. The Labute approximate surface area is 194 Å². The molecule has 0 saturated carbocycles. The molecule has 0 bridgehead atoms. The molecule has 3 aromatic rings. The van der Waals surface area contributed by atoms with E-state index in [1.165, 1.54) is 55.9 Å². The van der Waals surface area contributed by atoms with Crippen LogP contribution in [0.4, 0.5) is 0 Å². The number of hydrogen-bond acceptors (Lipinski definition) is 7. The molecule has 7 nitrogen and oxygen atoms in total. The smallest absolute Gasteiger partial charge is 0.268 e. The molecule has 0 atom stereocenters. The van der Waals surface area contributed by atoms with Crippen molar-refractivity contribution in [1.29, 1.82) is 0 Å². The summed E-state index contributed by atoms with van der Waals surface area (Å²) < 4.78 is 37.8. The summed E-state index contributed by atoms with van der Waals surface area (Å²) in [5.74, 6) is 4.95. The predicted octanol–water partition coefficient (Wildman–Crippen LogP) is 3.55. The third-order valence-electron chi connectivity index (χ3n) is 4.27. The molecule has 0 aliphatic carbocycles. The number of carbonyl (C=O) groups is 1. The SMILES string of the molecule is COc1cccc(S(=O)(=O)NC(=O)c2cc(-c3ccc(C#CCO)s3)c(Cl)cc2OC)c1. The molecule has 10 heteroatoms.